The molecule has 2 aromatic carbocycles. The van der Waals surface area contributed by atoms with Gasteiger partial charge in [-0.3, -0.25) is 0 Å². The van der Waals surface area contributed by atoms with E-state index in [0.29, 0.717) is 0 Å². The molecule has 0 amide bonds. The van der Waals surface area contributed by atoms with Crippen molar-refractivity contribution in [1.82, 2.24) is 0 Å². The van der Waals surface area contributed by atoms with Gasteiger partial charge in [-0.1, -0.05) is 12.6 Å². The summed E-state index contributed by atoms with van der Waals surface area (Å²) in [5, 5.41) is 8.91. The SMILES string of the molecule is C=C1COC(c2ccc(Oc3cc(F)cc(C#N)c3)c(F)c2Br)C1(F)C(=O)OCC. The third kappa shape index (κ3) is 3.80. The number of hydrogen-bond acceptors (Lipinski definition) is 5. The second-order valence-electron chi connectivity index (χ2n) is 6.40. The van der Waals surface area contributed by atoms with Crippen molar-refractivity contribution in [1.29, 1.82) is 5.26 Å². The molecule has 1 saturated heterocycles. The molecule has 0 spiro atoms. The maximum absolute atomic E-state index is 15.6. The van der Waals surface area contributed by atoms with E-state index in [-0.39, 0.29) is 45.9 Å². The first-order chi connectivity index (χ1) is 14.2. The van der Waals surface area contributed by atoms with E-state index in [1.807, 2.05) is 0 Å². The van der Waals surface area contributed by atoms with E-state index in [9.17, 15) is 13.6 Å². The van der Waals surface area contributed by atoms with Gasteiger partial charge in [0.1, 0.15) is 17.7 Å². The highest BCUT2D eigenvalue weighted by Crippen LogP contribution is 2.48. The summed E-state index contributed by atoms with van der Waals surface area (Å²) in [7, 11) is 0. The molecule has 1 heterocycles. The molecule has 1 fully saturated rings. The van der Waals surface area contributed by atoms with Crippen LogP contribution in [-0.4, -0.2) is 24.9 Å². The Bertz CT molecular complexity index is 1070. The smallest absolute Gasteiger partial charge is 0.351 e. The molecule has 0 aliphatic carbocycles. The number of nitrogens with zero attached hydrogens (tertiary/aromatic N) is 1. The van der Waals surface area contributed by atoms with Gasteiger partial charge in [-0.15, -0.1) is 0 Å². The van der Waals surface area contributed by atoms with Gasteiger partial charge in [-0.05, 0) is 46.6 Å². The van der Waals surface area contributed by atoms with Crippen LogP contribution < -0.4 is 4.74 Å². The summed E-state index contributed by atoms with van der Waals surface area (Å²) in [5.41, 5.74) is -2.82. The molecule has 0 bridgehead atoms. The second kappa shape index (κ2) is 8.50. The molecule has 0 saturated carbocycles. The molecule has 1 aliphatic rings. The lowest BCUT2D eigenvalue weighted by atomic mass is 9.89. The molecule has 1 aliphatic heterocycles. The molecule has 9 heteroatoms. The third-order valence-electron chi connectivity index (χ3n) is 4.46. The fourth-order valence-corrected chi connectivity index (χ4v) is 3.56. The minimum Gasteiger partial charge on any atom is -0.463 e. The van der Waals surface area contributed by atoms with Gasteiger partial charge in [0.15, 0.2) is 11.6 Å². The molecule has 0 aromatic heterocycles. The van der Waals surface area contributed by atoms with Crippen LogP contribution in [0.25, 0.3) is 0 Å². The van der Waals surface area contributed by atoms with Gasteiger partial charge in [-0.2, -0.15) is 5.26 Å². The van der Waals surface area contributed by atoms with Crippen LogP contribution in [0.15, 0.2) is 47.0 Å². The van der Waals surface area contributed by atoms with Crippen LogP contribution >= 0.6 is 15.9 Å². The highest BCUT2D eigenvalue weighted by molar-refractivity contribution is 9.10. The number of carbonyl (C=O) groups excluding carboxylic acids is 1. The lowest BCUT2D eigenvalue weighted by Crippen LogP contribution is -2.40. The average molecular weight is 482 g/mol. The first-order valence-corrected chi connectivity index (χ1v) is 9.54. The van der Waals surface area contributed by atoms with E-state index in [4.69, 9.17) is 19.5 Å². The van der Waals surface area contributed by atoms with E-state index in [2.05, 4.69) is 22.5 Å². The summed E-state index contributed by atoms with van der Waals surface area (Å²) in [6.45, 7) is 4.77. The Kier molecular flexibility index (Phi) is 6.19. The molecule has 3 rings (SSSR count). The largest absolute Gasteiger partial charge is 0.463 e. The number of ether oxygens (including phenoxy) is 3. The molecule has 5 nitrogen and oxygen atoms in total. The highest BCUT2D eigenvalue weighted by Gasteiger charge is 2.56. The van der Waals surface area contributed by atoms with Gasteiger partial charge in [0.25, 0.3) is 5.67 Å². The number of esters is 1. The van der Waals surface area contributed by atoms with Gasteiger partial charge < -0.3 is 14.2 Å². The Morgan fingerprint density at radius 1 is 1.40 bits per heavy atom. The Morgan fingerprint density at radius 2 is 2.13 bits per heavy atom. The normalized spacial score (nSPS) is 20.7. The Hall–Kier alpha value is -2.83. The number of hydrogen-bond donors (Lipinski definition) is 0. The van der Waals surface area contributed by atoms with Crippen molar-refractivity contribution in [2.75, 3.05) is 13.2 Å². The molecule has 2 atom stereocenters. The van der Waals surface area contributed by atoms with Crippen molar-refractivity contribution in [3.63, 3.8) is 0 Å². The Labute approximate surface area is 178 Å². The summed E-state index contributed by atoms with van der Waals surface area (Å²) >= 11 is 3.05. The van der Waals surface area contributed by atoms with E-state index in [1.165, 1.54) is 25.1 Å². The molecule has 2 aromatic rings. The van der Waals surface area contributed by atoms with Crippen LogP contribution in [0.3, 0.4) is 0 Å². The van der Waals surface area contributed by atoms with Crippen LogP contribution in [0.1, 0.15) is 24.2 Å². The van der Waals surface area contributed by atoms with E-state index >= 15 is 4.39 Å². The van der Waals surface area contributed by atoms with E-state index in [1.54, 1.807) is 6.07 Å². The average Bonchev–Trinajstić information content (AvgIpc) is 3.01. The Morgan fingerprint density at radius 3 is 2.80 bits per heavy atom. The monoisotopic (exact) mass is 481 g/mol. The number of nitriles is 1. The van der Waals surface area contributed by atoms with Crippen molar-refractivity contribution in [2.24, 2.45) is 0 Å². The topological polar surface area (TPSA) is 68.5 Å². The lowest BCUT2D eigenvalue weighted by molar-refractivity contribution is -0.159. The van der Waals surface area contributed by atoms with Crippen molar-refractivity contribution in [3.8, 4) is 17.6 Å². The van der Waals surface area contributed by atoms with Crippen LogP contribution in [0, 0.1) is 23.0 Å². The molecular formula is C21H15BrF3NO4. The van der Waals surface area contributed by atoms with Crippen molar-refractivity contribution in [3.05, 3.63) is 69.7 Å². The molecular weight excluding hydrogens is 467 g/mol. The first kappa shape index (κ1) is 21.9. The maximum Gasteiger partial charge on any atom is 0.351 e. The summed E-state index contributed by atoms with van der Waals surface area (Å²) in [6, 6.07) is 7.49. The second-order valence-corrected chi connectivity index (χ2v) is 7.19. The van der Waals surface area contributed by atoms with Gasteiger partial charge >= 0.3 is 5.97 Å². The molecule has 30 heavy (non-hydrogen) atoms. The van der Waals surface area contributed by atoms with Crippen LogP contribution in [0.2, 0.25) is 0 Å². The zero-order valence-corrected chi connectivity index (χ0v) is 17.3. The van der Waals surface area contributed by atoms with E-state index < -0.39 is 29.4 Å². The summed E-state index contributed by atoms with van der Waals surface area (Å²) < 4.78 is 59.4. The predicted molar refractivity (Wildman–Crippen MR) is 104 cm³/mol. The van der Waals surface area contributed by atoms with Crippen molar-refractivity contribution < 1.29 is 32.2 Å². The zero-order chi connectivity index (χ0) is 22.1. The number of rotatable bonds is 5. The number of carbonyl (C=O) groups is 1. The standard InChI is InChI=1S/C21H15BrF3NO4/c1-3-28-20(27)21(25)11(2)10-29-19(21)15-4-5-16(18(24)17(15)22)30-14-7-12(9-26)6-13(23)8-14/h4-8,19H,2-3,10H2,1H3. The first-order valence-electron chi connectivity index (χ1n) is 8.74. The molecule has 156 valence electrons. The number of benzene rings is 2. The van der Waals surface area contributed by atoms with E-state index in [0.717, 1.165) is 12.1 Å². The van der Waals surface area contributed by atoms with Crippen molar-refractivity contribution >= 4 is 21.9 Å². The highest BCUT2D eigenvalue weighted by atomic mass is 79.9. The fraction of sp³-hybridized carbons (Fsp3) is 0.238. The third-order valence-corrected chi connectivity index (χ3v) is 5.27. The summed E-state index contributed by atoms with van der Waals surface area (Å²) in [5.74, 6) is -3.23. The minimum absolute atomic E-state index is 0.00406. The lowest BCUT2D eigenvalue weighted by Gasteiger charge is -2.25. The number of alkyl halides is 1. The quantitative estimate of drug-likeness (QED) is 0.428. The Balaban J connectivity index is 1.97. The maximum atomic E-state index is 15.6. The van der Waals surface area contributed by atoms with Crippen LogP contribution in [0.4, 0.5) is 13.2 Å². The summed E-state index contributed by atoms with van der Waals surface area (Å²) in [4.78, 5) is 12.2. The van der Waals surface area contributed by atoms with Gasteiger partial charge in [0.05, 0.1) is 29.3 Å². The van der Waals surface area contributed by atoms with Crippen LogP contribution in [0.5, 0.6) is 11.5 Å². The molecule has 2 unspecified atom stereocenters. The predicted octanol–water partition coefficient (Wildman–Crippen LogP) is 5.29. The number of halogens is 4. The molecule has 0 radical (unpaired) electrons. The summed E-state index contributed by atoms with van der Waals surface area (Å²) in [6.07, 6.45) is -1.48. The fourth-order valence-electron chi connectivity index (χ4n) is 3.02. The zero-order valence-electron chi connectivity index (χ0n) is 15.7. The van der Waals surface area contributed by atoms with Crippen molar-refractivity contribution in [2.45, 2.75) is 18.7 Å². The minimum atomic E-state index is -2.68. The molecule has 0 N–H and O–H groups in total. The van der Waals surface area contributed by atoms with Gasteiger partial charge in [0.2, 0.25) is 0 Å². The van der Waals surface area contributed by atoms with Crippen LogP contribution in [-0.2, 0) is 14.3 Å². The van der Waals surface area contributed by atoms with Gasteiger partial charge in [-0.25, -0.2) is 18.0 Å². The van der Waals surface area contributed by atoms with Gasteiger partial charge in [0, 0.05) is 11.6 Å².